The molecule has 124 valence electrons. The lowest BCUT2D eigenvalue weighted by molar-refractivity contribution is -0.124. The summed E-state index contributed by atoms with van der Waals surface area (Å²) in [7, 11) is -3.58. The molecule has 0 saturated carbocycles. The number of carbonyl (C=O) groups excluding carboxylic acids is 1. The first-order valence-corrected chi connectivity index (χ1v) is 8.79. The summed E-state index contributed by atoms with van der Waals surface area (Å²) < 4.78 is 26.9. The van der Waals surface area contributed by atoms with Crippen LogP contribution < -0.4 is 9.79 Å². The molecule has 6 nitrogen and oxygen atoms in total. The van der Waals surface area contributed by atoms with Crippen LogP contribution >= 0.6 is 0 Å². The van der Waals surface area contributed by atoms with E-state index in [-0.39, 0.29) is 4.90 Å². The molecule has 0 saturated heterocycles. The molecule has 3 rings (SSSR count). The molecule has 2 N–H and O–H groups in total. The van der Waals surface area contributed by atoms with Crippen molar-refractivity contribution in [2.45, 2.75) is 11.3 Å². The van der Waals surface area contributed by atoms with Crippen LogP contribution in [-0.2, 0) is 21.2 Å². The Kier molecular flexibility index (Phi) is 4.37. The Morgan fingerprint density at radius 1 is 1.17 bits per heavy atom. The van der Waals surface area contributed by atoms with E-state index in [1.54, 1.807) is 48.5 Å². The molecule has 0 atom stereocenters. The van der Waals surface area contributed by atoms with Gasteiger partial charge in [0.15, 0.2) is 0 Å². The van der Waals surface area contributed by atoms with Crippen LogP contribution in [0, 0.1) is 0 Å². The number of amides is 1. The maximum atomic E-state index is 12.8. The average Bonchev–Trinajstić information content (AvgIpc) is 3.04. The number of hydrogen-bond acceptors (Lipinski definition) is 4. The minimum Gasteiger partial charge on any atom is -0.288 e. The number of hydroxylamine groups is 1. The van der Waals surface area contributed by atoms with E-state index in [0.717, 1.165) is 11.1 Å². The second-order valence-corrected chi connectivity index (χ2v) is 7.20. The fourth-order valence-electron chi connectivity index (χ4n) is 2.67. The quantitative estimate of drug-likeness (QED) is 0.504. The number of anilines is 1. The lowest BCUT2D eigenvalue weighted by atomic mass is 10.1. The maximum Gasteiger partial charge on any atom is 0.267 e. The highest BCUT2D eigenvalue weighted by molar-refractivity contribution is 7.92. The third-order valence-electron chi connectivity index (χ3n) is 3.83. The van der Waals surface area contributed by atoms with Gasteiger partial charge in [0.1, 0.15) is 0 Å². The second-order valence-electron chi connectivity index (χ2n) is 5.34. The summed E-state index contributed by atoms with van der Waals surface area (Å²) in [6.45, 7) is 0.386. The normalized spacial score (nSPS) is 14.0. The van der Waals surface area contributed by atoms with Crippen LogP contribution in [0.1, 0.15) is 11.1 Å². The van der Waals surface area contributed by atoms with Crippen LogP contribution in [0.4, 0.5) is 5.69 Å². The van der Waals surface area contributed by atoms with Gasteiger partial charge in [-0.3, -0.25) is 14.3 Å². The molecule has 7 heteroatoms. The number of carbonyl (C=O) groups is 1. The van der Waals surface area contributed by atoms with E-state index in [1.807, 2.05) is 6.07 Å². The molecule has 0 spiro atoms. The van der Waals surface area contributed by atoms with Gasteiger partial charge in [-0.05, 0) is 47.9 Å². The Labute approximate surface area is 140 Å². The molecule has 2 aromatic rings. The molecule has 0 aliphatic carbocycles. The van der Waals surface area contributed by atoms with E-state index in [2.05, 4.69) is 0 Å². The summed E-state index contributed by atoms with van der Waals surface area (Å²) in [5, 5.41) is 8.48. The lowest BCUT2D eigenvalue weighted by Crippen LogP contribution is -2.29. The average molecular weight is 344 g/mol. The van der Waals surface area contributed by atoms with Crippen LogP contribution in [0.3, 0.4) is 0 Å². The molecule has 0 radical (unpaired) electrons. The van der Waals surface area contributed by atoms with Crippen LogP contribution in [-0.4, -0.2) is 26.1 Å². The van der Waals surface area contributed by atoms with Gasteiger partial charge in [-0.1, -0.05) is 24.3 Å². The van der Waals surface area contributed by atoms with E-state index in [9.17, 15) is 13.2 Å². The number of fused-ring (bicyclic) bond motifs is 1. The third kappa shape index (κ3) is 3.04. The lowest BCUT2D eigenvalue weighted by Gasteiger charge is -2.19. The first-order chi connectivity index (χ1) is 11.5. The largest absolute Gasteiger partial charge is 0.288 e. The van der Waals surface area contributed by atoms with E-state index in [1.165, 1.54) is 15.9 Å². The maximum absolute atomic E-state index is 12.8. The SMILES string of the molecule is O=C(/C=C\c1ccc2c(c1)CCN2S(=O)(=O)c1ccccc1)NO. The molecule has 1 heterocycles. The van der Waals surface area contributed by atoms with Crippen molar-refractivity contribution in [2.75, 3.05) is 10.8 Å². The Hall–Kier alpha value is -2.64. The summed E-state index contributed by atoms with van der Waals surface area (Å²) >= 11 is 0. The monoisotopic (exact) mass is 344 g/mol. The van der Waals surface area contributed by atoms with E-state index < -0.39 is 15.9 Å². The first-order valence-electron chi connectivity index (χ1n) is 7.35. The van der Waals surface area contributed by atoms with Crippen molar-refractivity contribution in [3.63, 3.8) is 0 Å². The van der Waals surface area contributed by atoms with Crippen LogP contribution in [0.2, 0.25) is 0 Å². The minimum absolute atomic E-state index is 0.265. The van der Waals surface area contributed by atoms with Gasteiger partial charge >= 0.3 is 0 Å². The van der Waals surface area contributed by atoms with Gasteiger partial charge in [0, 0.05) is 12.6 Å². The van der Waals surface area contributed by atoms with Crippen molar-refractivity contribution < 1.29 is 18.4 Å². The highest BCUT2D eigenvalue weighted by Gasteiger charge is 2.30. The van der Waals surface area contributed by atoms with Crippen LogP contribution in [0.15, 0.2) is 59.5 Å². The number of rotatable bonds is 4. The van der Waals surface area contributed by atoms with Gasteiger partial charge in [0.05, 0.1) is 10.6 Å². The highest BCUT2D eigenvalue weighted by atomic mass is 32.2. The molecule has 24 heavy (non-hydrogen) atoms. The standard InChI is InChI=1S/C17H16N2O4S/c20-17(18-21)9-7-13-6-8-16-14(12-13)10-11-19(16)24(22,23)15-4-2-1-3-5-15/h1-9,12,21H,10-11H2,(H,18,20)/b9-7-. The number of benzene rings is 2. The Morgan fingerprint density at radius 2 is 1.92 bits per heavy atom. The van der Waals surface area contributed by atoms with E-state index >= 15 is 0 Å². The smallest absolute Gasteiger partial charge is 0.267 e. The summed E-state index contributed by atoms with van der Waals surface area (Å²) in [5.74, 6) is -0.621. The predicted molar refractivity (Wildman–Crippen MR) is 90.1 cm³/mol. The van der Waals surface area contributed by atoms with Crippen molar-refractivity contribution in [3.05, 3.63) is 65.7 Å². The zero-order valence-electron chi connectivity index (χ0n) is 12.7. The molecular formula is C17H16N2O4S. The summed E-state index contributed by atoms with van der Waals surface area (Å²) in [4.78, 5) is 11.3. The third-order valence-corrected chi connectivity index (χ3v) is 5.65. The summed E-state index contributed by atoms with van der Waals surface area (Å²) in [5.41, 5.74) is 3.84. The van der Waals surface area contributed by atoms with Crippen molar-refractivity contribution in [1.29, 1.82) is 0 Å². The van der Waals surface area contributed by atoms with Gasteiger partial charge in [-0.15, -0.1) is 0 Å². The van der Waals surface area contributed by atoms with Gasteiger partial charge < -0.3 is 0 Å². The summed E-state index contributed by atoms with van der Waals surface area (Å²) in [6, 6.07) is 13.6. The first kappa shape index (κ1) is 16.2. The zero-order valence-corrected chi connectivity index (χ0v) is 13.5. The Balaban J connectivity index is 1.91. The van der Waals surface area contributed by atoms with Crippen molar-refractivity contribution in [1.82, 2.24) is 5.48 Å². The van der Waals surface area contributed by atoms with Gasteiger partial charge in [-0.25, -0.2) is 13.9 Å². The minimum atomic E-state index is -3.58. The van der Waals surface area contributed by atoms with E-state index in [4.69, 9.17) is 5.21 Å². The predicted octanol–water partition coefficient (Wildman–Crippen LogP) is 1.96. The van der Waals surface area contributed by atoms with E-state index in [0.29, 0.717) is 18.7 Å². The highest BCUT2D eigenvalue weighted by Crippen LogP contribution is 2.33. The topological polar surface area (TPSA) is 86.7 Å². The molecule has 2 aromatic carbocycles. The van der Waals surface area contributed by atoms with Gasteiger partial charge in [-0.2, -0.15) is 0 Å². The zero-order chi connectivity index (χ0) is 17.2. The molecule has 0 bridgehead atoms. The van der Waals surface area contributed by atoms with Gasteiger partial charge in [0.25, 0.3) is 15.9 Å². The molecule has 1 aliphatic rings. The number of nitrogens with zero attached hydrogens (tertiary/aromatic N) is 1. The van der Waals surface area contributed by atoms with Crippen LogP contribution in [0.5, 0.6) is 0 Å². The Morgan fingerprint density at radius 3 is 2.62 bits per heavy atom. The van der Waals surface area contributed by atoms with Crippen molar-refractivity contribution >= 4 is 27.7 Å². The fraction of sp³-hybridized carbons (Fsp3) is 0.118. The summed E-state index contributed by atoms with van der Waals surface area (Å²) in [6.07, 6.45) is 3.37. The molecule has 1 amide bonds. The fourth-order valence-corrected chi connectivity index (χ4v) is 4.20. The number of sulfonamides is 1. The Bertz CT molecular complexity index is 892. The van der Waals surface area contributed by atoms with Crippen molar-refractivity contribution in [2.24, 2.45) is 0 Å². The molecule has 1 aliphatic heterocycles. The van der Waals surface area contributed by atoms with Gasteiger partial charge in [0.2, 0.25) is 0 Å². The van der Waals surface area contributed by atoms with Crippen molar-refractivity contribution in [3.8, 4) is 0 Å². The van der Waals surface area contributed by atoms with Crippen LogP contribution in [0.25, 0.3) is 6.08 Å². The second kappa shape index (κ2) is 6.46. The molecular weight excluding hydrogens is 328 g/mol. The molecule has 0 fully saturated rings. The molecule has 0 unspecified atom stereocenters. The number of nitrogens with one attached hydrogen (secondary N) is 1. The number of hydrogen-bond donors (Lipinski definition) is 2. The molecule has 0 aromatic heterocycles.